The first kappa shape index (κ1) is 12.9. The maximum absolute atomic E-state index is 11.9. The van der Waals surface area contributed by atoms with Crippen LogP contribution in [0.4, 0.5) is 0 Å². The third kappa shape index (κ3) is 1.93. The number of alkyl halides is 1. The molecule has 1 aliphatic heterocycles. The van der Waals surface area contributed by atoms with Gasteiger partial charge in [-0.15, -0.1) is 0 Å². The summed E-state index contributed by atoms with van der Waals surface area (Å²) in [5, 5.41) is 2.25. The summed E-state index contributed by atoms with van der Waals surface area (Å²) in [4.78, 5) is 22.2. The van der Waals surface area contributed by atoms with Crippen LogP contribution in [-0.2, 0) is 20.9 Å². The number of allylic oxidation sites excluding steroid dienone is 2. The molecule has 2 aliphatic rings. The Morgan fingerprint density at radius 3 is 2.75 bits per heavy atom. The standard InChI is InChI=1S/C15H12ClNO3/c16-15-11(13(18)17-14(15)19)7-4-8-12(15)20-9-10-5-2-1-3-6-10/h1-8,11H,9H2,(H,17,18,19). The Bertz CT molecular complexity index is 623. The summed E-state index contributed by atoms with van der Waals surface area (Å²) in [6.07, 6.45) is 4.93. The van der Waals surface area contributed by atoms with Crippen molar-refractivity contribution in [2.75, 3.05) is 0 Å². The fourth-order valence-electron chi connectivity index (χ4n) is 2.35. The van der Waals surface area contributed by atoms with E-state index >= 15 is 0 Å². The predicted molar refractivity (Wildman–Crippen MR) is 73.7 cm³/mol. The summed E-state index contributed by atoms with van der Waals surface area (Å²) in [7, 11) is 0. The third-order valence-corrected chi connectivity index (χ3v) is 4.02. The van der Waals surface area contributed by atoms with Gasteiger partial charge in [0.15, 0.2) is 4.87 Å². The van der Waals surface area contributed by atoms with E-state index in [0.717, 1.165) is 5.56 Å². The summed E-state index contributed by atoms with van der Waals surface area (Å²) >= 11 is 6.37. The topological polar surface area (TPSA) is 55.4 Å². The molecule has 1 fully saturated rings. The molecule has 1 heterocycles. The zero-order valence-electron chi connectivity index (χ0n) is 10.5. The van der Waals surface area contributed by atoms with Crippen molar-refractivity contribution in [2.24, 2.45) is 5.92 Å². The van der Waals surface area contributed by atoms with Crippen molar-refractivity contribution in [2.45, 2.75) is 11.5 Å². The molecule has 102 valence electrons. The van der Waals surface area contributed by atoms with Crippen LogP contribution in [-0.4, -0.2) is 16.7 Å². The number of carbonyl (C=O) groups is 2. The van der Waals surface area contributed by atoms with Crippen molar-refractivity contribution in [1.82, 2.24) is 5.32 Å². The number of rotatable bonds is 3. The van der Waals surface area contributed by atoms with Gasteiger partial charge in [0.25, 0.3) is 5.91 Å². The summed E-state index contributed by atoms with van der Waals surface area (Å²) < 4.78 is 5.67. The fourth-order valence-corrected chi connectivity index (χ4v) is 2.69. The predicted octanol–water partition coefficient (Wildman–Crippen LogP) is 1.91. The van der Waals surface area contributed by atoms with Crippen LogP contribution in [0.2, 0.25) is 0 Å². The number of ether oxygens (including phenoxy) is 1. The highest BCUT2D eigenvalue weighted by Gasteiger charge is 2.57. The Kier molecular flexibility index (Phi) is 3.10. The largest absolute Gasteiger partial charge is 0.491 e. The van der Waals surface area contributed by atoms with E-state index in [4.69, 9.17) is 16.3 Å². The van der Waals surface area contributed by atoms with Crippen molar-refractivity contribution in [3.63, 3.8) is 0 Å². The zero-order chi connectivity index (χ0) is 14.2. The number of hydrogen-bond acceptors (Lipinski definition) is 3. The molecule has 0 radical (unpaired) electrons. The second kappa shape index (κ2) is 4.80. The highest BCUT2D eigenvalue weighted by Crippen LogP contribution is 2.42. The molecular weight excluding hydrogens is 278 g/mol. The Morgan fingerprint density at radius 1 is 1.25 bits per heavy atom. The number of fused-ring (bicyclic) bond motifs is 1. The number of amides is 2. The number of hydrogen-bond donors (Lipinski definition) is 1. The third-order valence-electron chi connectivity index (χ3n) is 3.43. The molecule has 2 amide bonds. The maximum Gasteiger partial charge on any atom is 0.256 e. The Balaban J connectivity index is 1.82. The molecule has 0 aromatic heterocycles. The average molecular weight is 290 g/mol. The van der Waals surface area contributed by atoms with E-state index in [-0.39, 0.29) is 0 Å². The molecule has 1 aromatic carbocycles. The van der Waals surface area contributed by atoms with Crippen LogP contribution in [0, 0.1) is 5.92 Å². The molecule has 20 heavy (non-hydrogen) atoms. The molecule has 0 saturated carbocycles. The van der Waals surface area contributed by atoms with Gasteiger partial charge in [-0.3, -0.25) is 14.9 Å². The molecule has 5 heteroatoms. The molecule has 0 bridgehead atoms. The summed E-state index contributed by atoms with van der Waals surface area (Å²) in [5.41, 5.74) is 0.963. The number of imide groups is 1. The van der Waals surface area contributed by atoms with Crippen molar-refractivity contribution >= 4 is 23.4 Å². The molecule has 1 N–H and O–H groups in total. The van der Waals surface area contributed by atoms with Crippen molar-refractivity contribution in [3.8, 4) is 0 Å². The molecule has 2 atom stereocenters. The minimum absolute atomic E-state index is 0.295. The normalized spacial score (nSPS) is 27.9. The van der Waals surface area contributed by atoms with Gasteiger partial charge in [0.2, 0.25) is 5.91 Å². The zero-order valence-corrected chi connectivity index (χ0v) is 11.3. The van der Waals surface area contributed by atoms with Crippen molar-refractivity contribution in [1.29, 1.82) is 0 Å². The lowest BCUT2D eigenvalue weighted by atomic mass is 9.88. The first-order valence-corrected chi connectivity index (χ1v) is 6.60. The molecule has 1 aromatic rings. The highest BCUT2D eigenvalue weighted by molar-refractivity contribution is 6.42. The van der Waals surface area contributed by atoms with Crippen LogP contribution in [0.3, 0.4) is 0 Å². The quantitative estimate of drug-likeness (QED) is 0.683. The molecule has 4 nitrogen and oxygen atoms in total. The van der Waals surface area contributed by atoms with Gasteiger partial charge in [-0.05, 0) is 11.6 Å². The van der Waals surface area contributed by atoms with Gasteiger partial charge in [0.1, 0.15) is 12.4 Å². The molecule has 1 saturated heterocycles. The van der Waals surface area contributed by atoms with Crippen LogP contribution in [0.15, 0.2) is 54.3 Å². The first-order chi connectivity index (χ1) is 9.62. The first-order valence-electron chi connectivity index (χ1n) is 6.22. The summed E-state index contributed by atoms with van der Waals surface area (Å²) in [6.45, 7) is 0.295. The number of carbonyl (C=O) groups excluding carboxylic acids is 2. The number of benzene rings is 1. The van der Waals surface area contributed by atoms with Gasteiger partial charge in [-0.1, -0.05) is 54.1 Å². The van der Waals surface area contributed by atoms with E-state index in [1.54, 1.807) is 18.2 Å². The van der Waals surface area contributed by atoms with Crippen LogP contribution >= 0.6 is 11.6 Å². The summed E-state index contributed by atoms with van der Waals surface area (Å²) in [6, 6.07) is 9.54. The SMILES string of the molecule is O=C1NC(=O)C2(Cl)C(OCc3ccccc3)=CC=CC12. The summed E-state index contributed by atoms with van der Waals surface area (Å²) in [5.74, 6) is -1.33. The highest BCUT2D eigenvalue weighted by atomic mass is 35.5. The van der Waals surface area contributed by atoms with Gasteiger partial charge in [-0.2, -0.15) is 0 Å². The van der Waals surface area contributed by atoms with Crippen molar-refractivity contribution < 1.29 is 14.3 Å². The molecular formula is C15H12ClNO3. The van der Waals surface area contributed by atoms with E-state index in [1.165, 1.54) is 0 Å². The van der Waals surface area contributed by atoms with Crippen LogP contribution in [0.1, 0.15) is 5.56 Å². The lowest BCUT2D eigenvalue weighted by Crippen LogP contribution is -2.40. The lowest BCUT2D eigenvalue weighted by Gasteiger charge is -2.27. The van der Waals surface area contributed by atoms with Gasteiger partial charge in [0.05, 0.1) is 5.92 Å². The second-order valence-corrected chi connectivity index (χ2v) is 5.29. The van der Waals surface area contributed by atoms with E-state index in [0.29, 0.717) is 12.4 Å². The van der Waals surface area contributed by atoms with Gasteiger partial charge >= 0.3 is 0 Å². The lowest BCUT2D eigenvalue weighted by molar-refractivity contribution is -0.125. The monoisotopic (exact) mass is 289 g/mol. The van der Waals surface area contributed by atoms with Crippen LogP contribution in [0.25, 0.3) is 0 Å². The Morgan fingerprint density at radius 2 is 2.00 bits per heavy atom. The minimum atomic E-state index is -1.46. The molecule has 1 aliphatic carbocycles. The maximum atomic E-state index is 11.9. The second-order valence-electron chi connectivity index (χ2n) is 4.70. The Hall–Kier alpha value is -2.07. The van der Waals surface area contributed by atoms with Gasteiger partial charge in [0, 0.05) is 0 Å². The molecule has 2 unspecified atom stereocenters. The fraction of sp³-hybridized carbons (Fsp3) is 0.200. The number of nitrogens with one attached hydrogen (secondary N) is 1. The van der Waals surface area contributed by atoms with E-state index < -0.39 is 22.6 Å². The molecule has 0 spiro atoms. The van der Waals surface area contributed by atoms with E-state index in [1.807, 2.05) is 30.3 Å². The minimum Gasteiger partial charge on any atom is -0.491 e. The van der Waals surface area contributed by atoms with Gasteiger partial charge < -0.3 is 4.74 Å². The number of halogens is 1. The van der Waals surface area contributed by atoms with Crippen LogP contribution < -0.4 is 5.32 Å². The Labute approximate surface area is 121 Å². The van der Waals surface area contributed by atoms with E-state index in [2.05, 4.69) is 5.32 Å². The van der Waals surface area contributed by atoms with Crippen LogP contribution in [0.5, 0.6) is 0 Å². The smallest absolute Gasteiger partial charge is 0.256 e. The van der Waals surface area contributed by atoms with Gasteiger partial charge in [-0.25, -0.2) is 0 Å². The van der Waals surface area contributed by atoms with Crippen molar-refractivity contribution in [3.05, 3.63) is 59.9 Å². The molecule has 3 rings (SSSR count). The van der Waals surface area contributed by atoms with E-state index in [9.17, 15) is 9.59 Å². The average Bonchev–Trinajstić information content (AvgIpc) is 2.69.